The second kappa shape index (κ2) is 4.25. The van der Waals surface area contributed by atoms with Gasteiger partial charge in [-0.2, -0.15) is 0 Å². The summed E-state index contributed by atoms with van der Waals surface area (Å²) in [6.45, 7) is 6.94. The van der Waals surface area contributed by atoms with Gasteiger partial charge in [-0.25, -0.2) is 10.0 Å². The lowest BCUT2D eigenvalue weighted by atomic mass is 9.83. The zero-order valence-corrected chi connectivity index (χ0v) is 12.1. The minimum absolute atomic E-state index is 0.306. The molecule has 92 valence electrons. The van der Waals surface area contributed by atoms with E-state index in [1.54, 1.807) is 0 Å². The van der Waals surface area contributed by atoms with Crippen molar-refractivity contribution < 1.29 is 0 Å². The van der Waals surface area contributed by atoms with Crippen LogP contribution < -0.4 is 0 Å². The molecule has 0 spiro atoms. The molecule has 1 aliphatic heterocycles. The summed E-state index contributed by atoms with van der Waals surface area (Å²) in [5, 5.41) is 0.876. The van der Waals surface area contributed by atoms with Crippen molar-refractivity contribution in [3.63, 3.8) is 0 Å². The van der Waals surface area contributed by atoms with Gasteiger partial charge in [0.1, 0.15) is 0 Å². The number of allylic oxidation sites excluding steroid dienone is 3. The van der Waals surface area contributed by atoms with Crippen LogP contribution in [0.25, 0.3) is 0 Å². The summed E-state index contributed by atoms with van der Waals surface area (Å²) in [7, 11) is -0.306. The fourth-order valence-electron chi connectivity index (χ4n) is 2.85. The van der Waals surface area contributed by atoms with Gasteiger partial charge in [-0.1, -0.05) is 39.0 Å². The monoisotopic (exact) mass is 238 g/mol. The van der Waals surface area contributed by atoms with Crippen LogP contribution in [0.2, 0.25) is 0 Å². The molecule has 1 aliphatic carbocycles. The van der Waals surface area contributed by atoms with Crippen molar-refractivity contribution in [2.75, 3.05) is 17.8 Å². The molecule has 0 aromatic carbocycles. The topological polar surface area (TPSA) is 0 Å². The Kier molecular flexibility index (Phi) is 3.27. The lowest BCUT2D eigenvalue weighted by Crippen LogP contribution is -2.20. The third-order valence-corrected chi connectivity index (χ3v) is 8.38. The predicted octanol–water partition coefficient (Wildman–Crippen LogP) is 4.52. The second-order valence-corrected chi connectivity index (χ2v) is 10.6. The molecule has 1 fully saturated rings. The van der Waals surface area contributed by atoms with Crippen LogP contribution >= 0.6 is 10.0 Å². The largest absolute Gasteiger partial charge is 0.237 e. The quantitative estimate of drug-likeness (QED) is 0.630. The van der Waals surface area contributed by atoms with E-state index in [0.717, 1.165) is 5.25 Å². The van der Waals surface area contributed by atoms with Gasteiger partial charge in [-0.3, -0.25) is 0 Å². The molecule has 0 nitrogen and oxygen atoms in total. The molecule has 0 saturated carbocycles. The van der Waals surface area contributed by atoms with Gasteiger partial charge in [0.05, 0.1) is 0 Å². The van der Waals surface area contributed by atoms with E-state index in [0.29, 0.717) is 5.41 Å². The third-order valence-electron chi connectivity index (χ3n) is 4.13. The highest BCUT2D eigenvalue weighted by molar-refractivity contribution is 8.34. The Morgan fingerprint density at radius 1 is 1.19 bits per heavy atom. The Bertz CT molecular complexity index is 311. The number of hydrogen-bond donors (Lipinski definition) is 0. The van der Waals surface area contributed by atoms with Crippen LogP contribution in [0.4, 0.5) is 0 Å². The molecule has 0 aromatic heterocycles. The first-order valence-corrected chi connectivity index (χ1v) is 8.97. The zero-order chi connectivity index (χ0) is 11.8. The van der Waals surface area contributed by atoms with E-state index in [2.05, 4.69) is 45.3 Å². The lowest BCUT2D eigenvalue weighted by molar-refractivity contribution is 0.512. The Morgan fingerprint density at radius 2 is 1.81 bits per heavy atom. The van der Waals surface area contributed by atoms with Gasteiger partial charge in [0, 0.05) is 5.25 Å². The maximum atomic E-state index is 2.57. The standard InChI is InChI=1S/C15H26S/c1-15(2,3)13-7-9-14(10-8-13)16(4)11-5-6-12-16/h7-9,14H,5-6,10-12H2,1-4H3. The zero-order valence-electron chi connectivity index (χ0n) is 11.3. The van der Waals surface area contributed by atoms with Crippen molar-refractivity contribution in [1.29, 1.82) is 0 Å². The first kappa shape index (κ1) is 12.3. The molecule has 0 N–H and O–H groups in total. The summed E-state index contributed by atoms with van der Waals surface area (Å²) in [5.74, 6) is 3.03. The van der Waals surface area contributed by atoms with Crippen LogP contribution in [0.1, 0.15) is 40.0 Å². The van der Waals surface area contributed by atoms with Crippen LogP contribution in [-0.4, -0.2) is 23.0 Å². The molecule has 1 saturated heterocycles. The molecule has 1 unspecified atom stereocenters. The van der Waals surface area contributed by atoms with Gasteiger partial charge in [0.15, 0.2) is 0 Å². The maximum absolute atomic E-state index is 2.57. The average Bonchev–Trinajstić information content (AvgIpc) is 2.66. The highest BCUT2D eigenvalue weighted by Crippen LogP contribution is 2.57. The summed E-state index contributed by atoms with van der Waals surface area (Å²) in [6.07, 6.45) is 14.3. The van der Waals surface area contributed by atoms with Crippen molar-refractivity contribution in [2.45, 2.75) is 45.3 Å². The van der Waals surface area contributed by atoms with Crippen LogP contribution in [-0.2, 0) is 0 Å². The van der Waals surface area contributed by atoms with Crippen LogP contribution in [0, 0.1) is 5.41 Å². The lowest BCUT2D eigenvalue weighted by Gasteiger charge is -2.40. The van der Waals surface area contributed by atoms with E-state index in [1.165, 1.54) is 36.3 Å². The molecule has 16 heavy (non-hydrogen) atoms. The average molecular weight is 238 g/mol. The fourth-order valence-corrected chi connectivity index (χ4v) is 6.40. The Labute approximate surface area is 103 Å². The summed E-state index contributed by atoms with van der Waals surface area (Å²) in [4.78, 5) is 0. The first-order chi connectivity index (χ1) is 7.42. The van der Waals surface area contributed by atoms with Gasteiger partial charge in [0.25, 0.3) is 0 Å². The van der Waals surface area contributed by atoms with Crippen molar-refractivity contribution in [1.82, 2.24) is 0 Å². The van der Waals surface area contributed by atoms with E-state index in [9.17, 15) is 0 Å². The molecule has 1 heterocycles. The molecule has 1 heteroatoms. The van der Waals surface area contributed by atoms with Crippen LogP contribution in [0.15, 0.2) is 23.8 Å². The first-order valence-electron chi connectivity index (χ1n) is 6.53. The van der Waals surface area contributed by atoms with Gasteiger partial charge in [-0.15, -0.1) is 0 Å². The fraction of sp³-hybridized carbons (Fsp3) is 0.733. The van der Waals surface area contributed by atoms with Crippen molar-refractivity contribution in [3.05, 3.63) is 23.8 Å². The summed E-state index contributed by atoms with van der Waals surface area (Å²) >= 11 is 0. The highest BCUT2D eigenvalue weighted by atomic mass is 32.3. The van der Waals surface area contributed by atoms with Crippen molar-refractivity contribution in [2.24, 2.45) is 5.41 Å². The molecule has 0 bridgehead atoms. The Hall–Kier alpha value is -0.170. The van der Waals surface area contributed by atoms with Crippen molar-refractivity contribution in [3.8, 4) is 0 Å². The molecular formula is C15H26S. The van der Waals surface area contributed by atoms with E-state index >= 15 is 0 Å². The summed E-state index contributed by atoms with van der Waals surface area (Å²) in [6, 6.07) is 0. The van der Waals surface area contributed by atoms with E-state index in [1.807, 2.05) is 0 Å². The molecule has 0 aromatic rings. The van der Waals surface area contributed by atoms with E-state index in [4.69, 9.17) is 0 Å². The van der Waals surface area contributed by atoms with Gasteiger partial charge < -0.3 is 0 Å². The minimum Gasteiger partial charge on any atom is -0.237 e. The van der Waals surface area contributed by atoms with E-state index in [-0.39, 0.29) is 10.0 Å². The van der Waals surface area contributed by atoms with Crippen LogP contribution in [0.5, 0.6) is 0 Å². The van der Waals surface area contributed by atoms with E-state index < -0.39 is 0 Å². The molecule has 0 amide bonds. The highest BCUT2D eigenvalue weighted by Gasteiger charge is 2.31. The number of rotatable bonds is 1. The molecule has 2 aliphatic rings. The maximum Gasteiger partial charge on any atom is 0.0105 e. The third kappa shape index (κ3) is 2.40. The minimum atomic E-state index is -0.306. The second-order valence-electron chi connectivity index (χ2n) is 6.51. The van der Waals surface area contributed by atoms with Crippen molar-refractivity contribution >= 4 is 10.0 Å². The molecule has 1 atom stereocenters. The number of hydrogen-bond acceptors (Lipinski definition) is 0. The van der Waals surface area contributed by atoms with Gasteiger partial charge in [0.2, 0.25) is 0 Å². The normalized spacial score (nSPS) is 31.2. The van der Waals surface area contributed by atoms with Crippen LogP contribution in [0.3, 0.4) is 0 Å². The van der Waals surface area contributed by atoms with Gasteiger partial charge >= 0.3 is 0 Å². The Balaban J connectivity index is 2.06. The smallest absolute Gasteiger partial charge is 0.0105 e. The van der Waals surface area contributed by atoms with Gasteiger partial charge in [-0.05, 0) is 48.0 Å². The SMILES string of the molecule is CC(C)(C)C1=CCC(S2(C)CCCC2)C=C1. The molecular weight excluding hydrogens is 212 g/mol. The Morgan fingerprint density at radius 3 is 2.25 bits per heavy atom. The summed E-state index contributed by atoms with van der Waals surface area (Å²) < 4.78 is 0. The molecule has 0 radical (unpaired) electrons. The molecule has 2 rings (SSSR count). The summed E-state index contributed by atoms with van der Waals surface area (Å²) in [5.41, 5.74) is 1.86. The predicted molar refractivity (Wildman–Crippen MR) is 77.6 cm³/mol.